The lowest BCUT2D eigenvalue weighted by atomic mass is 9.96. The van der Waals surface area contributed by atoms with Crippen LogP contribution in [0.1, 0.15) is 213 Å². The van der Waals surface area contributed by atoms with Gasteiger partial charge in [-0.25, -0.2) is 0 Å². The van der Waals surface area contributed by atoms with Crippen molar-refractivity contribution >= 4 is 5.91 Å². The number of nitrogens with one attached hydrogen (secondary N) is 1. The zero-order valence-electron chi connectivity index (χ0n) is 55.7. The number of hydrogen-bond donors (Lipinski definition) is 12. The minimum Gasteiger partial charge on any atom is -0.394 e. The quantitative estimate of drug-likeness (QED) is 0.0199. The fourth-order valence-electron chi connectivity index (χ4n) is 11.2. The van der Waals surface area contributed by atoms with Crippen molar-refractivity contribution in [1.82, 2.24) is 5.32 Å². The fraction of sp³-hybridized carbons (Fsp3) is 0.740. The van der Waals surface area contributed by atoms with E-state index in [0.29, 0.717) is 12.8 Å². The smallest absolute Gasteiger partial charge is 0.220 e. The van der Waals surface area contributed by atoms with Crippen molar-refractivity contribution in [2.75, 3.05) is 26.4 Å². The van der Waals surface area contributed by atoms with E-state index in [2.05, 4.69) is 129 Å². The van der Waals surface area contributed by atoms with Crippen LogP contribution in [0, 0.1) is 0 Å². The van der Waals surface area contributed by atoms with E-state index in [1.165, 1.54) is 64.2 Å². The molecule has 17 atom stereocenters. The van der Waals surface area contributed by atoms with Crippen molar-refractivity contribution in [3.05, 3.63) is 109 Å². The summed E-state index contributed by atoms with van der Waals surface area (Å²) in [7, 11) is 0. The first kappa shape index (κ1) is 82.7. The fourth-order valence-corrected chi connectivity index (χ4v) is 11.2. The van der Waals surface area contributed by atoms with Gasteiger partial charge in [-0.3, -0.25) is 4.79 Å². The first-order valence-electron chi connectivity index (χ1n) is 35.1. The summed E-state index contributed by atoms with van der Waals surface area (Å²) in [5, 5.41) is 120. The summed E-state index contributed by atoms with van der Waals surface area (Å²) in [5.41, 5.74) is 0. The van der Waals surface area contributed by atoms with Gasteiger partial charge >= 0.3 is 0 Å². The van der Waals surface area contributed by atoms with Crippen LogP contribution in [0.2, 0.25) is 0 Å². The Hall–Kier alpha value is -3.55. The Morgan fingerprint density at radius 1 is 0.402 bits per heavy atom. The Balaban J connectivity index is 1.33. The van der Waals surface area contributed by atoms with Gasteiger partial charge in [0.25, 0.3) is 0 Å². The number of aliphatic hydroxyl groups is 11. The zero-order chi connectivity index (χ0) is 66.8. The van der Waals surface area contributed by atoms with Crippen LogP contribution >= 0.6 is 0 Å². The molecule has 92 heavy (non-hydrogen) atoms. The Labute approximate surface area is 551 Å². The third-order valence-corrected chi connectivity index (χ3v) is 16.9. The van der Waals surface area contributed by atoms with E-state index >= 15 is 0 Å². The van der Waals surface area contributed by atoms with Crippen molar-refractivity contribution in [1.29, 1.82) is 0 Å². The molecule has 3 saturated heterocycles. The van der Waals surface area contributed by atoms with Crippen molar-refractivity contribution in [3.8, 4) is 0 Å². The van der Waals surface area contributed by atoms with Gasteiger partial charge in [-0.15, -0.1) is 0 Å². The molecule has 3 aliphatic heterocycles. The molecule has 17 unspecified atom stereocenters. The molecule has 0 aromatic rings. The Bertz CT molecular complexity index is 2090. The molecule has 12 N–H and O–H groups in total. The van der Waals surface area contributed by atoms with E-state index in [9.17, 15) is 61.0 Å². The van der Waals surface area contributed by atoms with Crippen LogP contribution < -0.4 is 5.32 Å². The van der Waals surface area contributed by atoms with E-state index in [1.54, 1.807) is 0 Å². The molecule has 19 heteroatoms. The third-order valence-electron chi connectivity index (χ3n) is 16.9. The lowest BCUT2D eigenvalue weighted by Gasteiger charge is -2.48. The van der Waals surface area contributed by atoms with Gasteiger partial charge in [-0.05, 0) is 83.5 Å². The second-order valence-electron chi connectivity index (χ2n) is 24.6. The largest absolute Gasteiger partial charge is 0.394 e. The standard InChI is InChI=1S/C73H123NO18/c1-3-5-7-9-11-13-15-16-17-18-19-20-21-22-23-24-25-26-27-28-29-30-31-32-33-34-35-36-37-38-39-40-41-43-45-47-49-51-61(79)74-56(57(78)50-48-46-44-42-14-12-10-8-6-4-2)55-87-71-67(85)64(82)69(59(53-76)89-71)92-73-68(86)65(83)70(60(54-77)90-73)91-72-66(84)63(81)62(80)58(52-75)88-72/h5,7,11,13,16-17,19-20,22-23,25-26,28-29,31-32,34-35,56-60,62-73,75-78,80-86H,3-4,6,8-10,12,14-15,18,21,24,27,30,33,36-55H2,1-2H3,(H,74,79)/b7-5-,13-11-,17-16-,20-19-,23-22-,26-25-,29-28-,32-31-,35-34-. The second-order valence-corrected chi connectivity index (χ2v) is 24.6. The minimum absolute atomic E-state index is 0.252. The molecule has 0 aromatic heterocycles. The molecular formula is C73H123NO18. The number of amides is 1. The van der Waals surface area contributed by atoms with E-state index < -0.39 is 124 Å². The molecule has 0 saturated carbocycles. The maximum atomic E-state index is 13.4. The lowest BCUT2D eigenvalue weighted by Crippen LogP contribution is -2.66. The molecule has 1 amide bonds. The van der Waals surface area contributed by atoms with Crippen LogP contribution in [0.25, 0.3) is 0 Å². The average Bonchev–Trinajstić information content (AvgIpc) is 0.799. The minimum atomic E-state index is -1.98. The maximum absolute atomic E-state index is 13.4. The predicted molar refractivity (Wildman–Crippen MR) is 360 cm³/mol. The molecule has 0 spiro atoms. The van der Waals surface area contributed by atoms with Crippen LogP contribution in [0.4, 0.5) is 0 Å². The molecule has 0 bridgehead atoms. The highest BCUT2D eigenvalue weighted by molar-refractivity contribution is 5.76. The van der Waals surface area contributed by atoms with Gasteiger partial charge in [0.1, 0.15) is 73.2 Å². The van der Waals surface area contributed by atoms with Gasteiger partial charge in [0.15, 0.2) is 18.9 Å². The predicted octanol–water partition coefficient (Wildman–Crippen LogP) is 9.44. The Morgan fingerprint density at radius 2 is 0.750 bits per heavy atom. The molecule has 3 fully saturated rings. The van der Waals surface area contributed by atoms with Crippen LogP contribution in [0.15, 0.2) is 109 Å². The number of carbonyl (C=O) groups excluding carboxylic acids is 1. The third kappa shape index (κ3) is 34.9. The van der Waals surface area contributed by atoms with Crippen molar-refractivity contribution in [2.24, 2.45) is 0 Å². The molecular weight excluding hydrogens is 1180 g/mol. The maximum Gasteiger partial charge on any atom is 0.220 e. The first-order chi connectivity index (χ1) is 44.8. The van der Waals surface area contributed by atoms with Crippen LogP contribution in [-0.2, 0) is 33.2 Å². The average molecular weight is 1300 g/mol. The van der Waals surface area contributed by atoms with Gasteiger partial charge in [-0.1, -0.05) is 232 Å². The van der Waals surface area contributed by atoms with Gasteiger partial charge in [0.2, 0.25) is 5.91 Å². The number of hydrogen-bond acceptors (Lipinski definition) is 18. The summed E-state index contributed by atoms with van der Waals surface area (Å²) < 4.78 is 34.3. The molecule has 3 rings (SSSR count). The topological polar surface area (TPSA) is 307 Å². The monoisotopic (exact) mass is 1300 g/mol. The first-order valence-corrected chi connectivity index (χ1v) is 35.1. The van der Waals surface area contributed by atoms with E-state index in [1.807, 2.05) is 0 Å². The summed E-state index contributed by atoms with van der Waals surface area (Å²) in [5.74, 6) is -0.256. The SMILES string of the molecule is CC/C=C\C/C=C\C/C=C\C/C=C\C/C=C\C/C=C\C/C=C\C/C=C\C/C=C\CCCCCCCCCCCC(=O)NC(COC1OC(CO)C(OC2OC(CO)C(OC3OC(CO)C(O)C(O)C3O)C(O)C2O)C(O)C1O)C(O)CCCCCCCCCCCC. The van der Waals surface area contributed by atoms with Crippen molar-refractivity contribution < 1.29 is 89.4 Å². The van der Waals surface area contributed by atoms with Gasteiger partial charge in [0, 0.05) is 6.42 Å². The van der Waals surface area contributed by atoms with E-state index in [-0.39, 0.29) is 18.9 Å². The second kappa shape index (κ2) is 53.6. The number of allylic oxidation sites excluding steroid dienone is 18. The summed E-state index contributed by atoms with van der Waals surface area (Å²) in [4.78, 5) is 13.4. The lowest BCUT2D eigenvalue weighted by molar-refractivity contribution is -0.379. The van der Waals surface area contributed by atoms with Crippen molar-refractivity contribution in [3.63, 3.8) is 0 Å². The van der Waals surface area contributed by atoms with Crippen LogP contribution in [-0.4, -0.2) is 193 Å². The Morgan fingerprint density at radius 3 is 1.17 bits per heavy atom. The summed E-state index contributed by atoms with van der Waals surface area (Å²) in [6.45, 7) is 1.63. The van der Waals surface area contributed by atoms with E-state index in [4.69, 9.17) is 28.4 Å². The van der Waals surface area contributed by atoms with Crippen molar-refractivity contribution in [2.45, 2.75) is 317 Å². The van der Waals surface area contributed by atoms with Gasteiger partial charge in [-0.2, -0.15) is 0 Å². The number of rotatable bonds is 52. The number of ether oxygens (including phenoxy) is 6. The Kier molecular flexibility index (Phi) is 48.1. The van der Waals surface area contributed by atoms with Crippen LogP contribution in [0.3, 0.4) is 0 Å². The molecule has 528 valence electrons. The molecule has 0 aliphatic carbocycles. The molecule has 3 heterocycles. The number of aliphatic hydroxyl groups excluding tert-OH is 11. The van der Waals surface area contributed by atoms with Crippen LogP contribution in [0.5, 0.6) is 0 Å². The normalized spacial score (nSPS) is 28.4. The zero-order valence-corrected chi connectivity index (χ0v) is 55.7. The van der Waals surface area contributed by atoms with E-state index in [0.717, 1.165) is 116 Å². The molecule has 0 radical (unpaired) electrons. The number of unbranched alkanes of at least 4 members (excludes halogenated alkanes) is 18. The van der Waals surface area contributed by atoms with Gasteiger partial charge in [0.05, 0.1) is 38.6 Å². The number of carbonyl (C=O) groups is 1. The molecule has 3 aliphatic rings. The summed E-state index contributed by atoms with van der Waals surface area (Å²) >= 11 is 0. The van der Waals surface area contributed by atoms with Gasteiger partial charge < -0.3 is 89.9 Å². The highest BCUT2D eigenvalue weighted by Crippen LogP contribution is 2.33. The summed E-state index contributed by atoms with van der Waals surface area (Å²) in [6, 6.07) is -0.896. The highest BCUT2D eigenvalue weighted by Gasteiger charge is 2.53. The molecule has 0 aromatic carbocycles. The summed E-state index contributed by atoms with van der Waals surface area (Å²) in [6.07, 6.45) is 44.8. The highest BCUT2D eigenvalue weighted by atomic mass is 16.8. The molecule has 19 nitrogen and oxygen atoms in total.